The SMILES string of the molecule is CCC(C)C(C(=O)NCc1ccc(C(=O)O)cc1)N1C(=O)c2ccccc2C1=O. The van der Waals surface area contributed by atoms with E-state index in [-0.39, 0.29) is 18.0 Å². The number of rotatable bonds is 7. The molecule has 2 atom stereocenters. The van der Waals surface area contributed by atoms with Crippen molar-refractivity contribution in [2.75, 3.05) is 0 Å². The predicted molar refractivity (Wildman–Crippen MR) is 105 cm³/mol. The highest BCUT2D eigenvalue weighted by Gasteiger charge is 2.44. The third-order valence-corrected chi connectivity index (χ3v) is 5.22. The Hall–Kier alpha value is -3.48. The van der Waals surface area contributed by atoms with E-state index in [1.807, 2.05) is 13.8 Å². The number of benzene rings is 2. The molecule has 2 unspecified atom stereocenters. The molecular weight excluding hydrogens is 372 g/mol. The van der Waals surface area contributed by atoms with Crippen LogP contribution in [0.5, 0.6) is 0 Å². The summed E-state index contributed by atoms with van der Waals surface area (Å²) in [5.74, 6) is -2.60. The molecule has 2 N–H and O–H groups in total. The number of hydrogen-bond donors (Lipinski definition) is 2. The fourth-order valence-corrected chi connectivity index (χ4v) is 3.37. The summed E-state index contributed by atoms with van der Waals surface area (Å²) in [6.07, 6.45) is 0.610. The first-order chi connectivity index (χ1) is 13.8. The number of nitrogens with zero attached hydrogens (tertiary/aromatic N) is 1. The molecule has 0 fully saturated rings. The van der Waals surface area contributed by atoms with Crippen LogP contribution in [0.4, 0.5) is 0 Å². The average molecular weight is 394 g/mol. The van der Waals surface area contributed by atoms with Crippen LogP contribution in [0.1, 0.15) is 56.9 Å². The van der Waals surface area contributed by atoms with Gasteiger partial charge in [-0.15, -0.1) is 0 Å². The Bertz CT molecular complexity index is 932. The smallest absolute Gasteiger partial charge is 0.335 e. The molecule has 1 aliphatic heterocycles. The van der Waals surface area contributed by atoms with E-state index in [1.165, 1.54) is 12.1 Å². The number of carboxylic acids is 1. The summed E-state index contributed by atoms with van der Waals surface area (Å²) in [6.45, 7) is 3.89. The highest BCUT2D eigenvalue weighted by Crippen LogP contribution is 2.28. The summed E-state index contributed by atoms with van der Waals surface area (Å²) >= 11 is 0. The minimum Gasteiger partial charge on any atom is -0.478 e. The number of carbonyl (C=O) groups excluding carboxylic acids is 3. The Balaban J connectivity index is 1.79. The lowest BCUT2D eigenvalue weighted by molar-refractivity contribution is -0.126. The number of hydrogen-bond acceptors (Lipinski definition) is 4. The number of imide groups is 1. The number of amides is 3. The maximum absolute atomic E-state index is 13.0. The van der Waals surface area contributed by atoms with E-state index >= 15 is 0 Å². The van der Waals surface area contributed by atoms with E-state index in [2.05, 4.69) is 5.32 Å². The maximum Gasteiger partial charge on any atom is 0.335 e. The average Bonchev–Trinajstić information content (AvgIpc) is 2.98. The van der Waals surface area contributed by atoms with Gasteiger partial charge in [-0.3, -0.25) is 19.3 Å². The molecule has 150 valence electrons. The van der Waals surface area contributed by atoms with E-state index in [0.717, 1.165) is 4.90 Å². The molecular formula is C22H22N2O5. The third-order valence-electron chi connectivity index (χ3n) is 5.22. The van der Waals surface area contributed by atoms with Gasteiger partial charge in [-0.05, 0) is 35.7 Å². The van der Waals surface area contributed by atoms with Gasteiger partial charge in [0.1, 0.15) is 6.04 Å². The van der Waals surface area contributed by atoms with Crippen LogP contribution in [0.25, 0.3) is 0 Å². The molecule has 3 rings (SSSR count). The summed E-state index contributed by atoms with van der Waals surface area (Å²) in [6, 6.07) is 11.8. The molecule has 7 nitrogen and oxygen atoms in total. The highest BCUT2D eigenvalue weighted by atomic mass is 16.4. The maximum atomic E-state index is 13.0. The van der Waals surface area contributed by atoms with Gasteiger partial charge < -0.3 is 10.4 Å². The first kappa shape index (κ1) is 20.3. The van der Waals surface area contributed by atoms with Crippen molar-refractivity contribution in [1.82, 2.24) is 10.2 Å². The summed E-state index contributed by atoms with van der Waals surface area (Å²) in [5.41, 5.74) is 1.49. The number of aromatic carboxylic acids is 1. The van der Waals surface area contributed by atoms with Gasteiger partial charge in [0.15, 0.2) is 0 Å². The number of nitrogens with one attached hydrogen (secondary N) is 1. The molecule has 2 aromatic carbocycles. The molecule has 0 saturated carbocycles. The van der Waals surface area contributed by atoms with Crippen LogP contribution < -0.4 is 5.32 Å². The van der Waals surface area contributed by atoms with Crippen LogP contribution in [0.15, 0.2) is 48.5 Å². The standard InChI is InChI=1S/C22H22N2O5/c1-3-13(2)18(24-20(26)16-6-4-5-7-17(16)21(24)27)19(25)23-12-14-8-10-15(11-9-14)22(28)29/h4-11,13,18H,3,12H2,1-2H3,(H,23,25)(H,28,29). The molecule has 3 amide bonds. The lowest BCUT2D eigenvalue weighted by atomic mass is 9.96. The number of carboxylic acid groups (broad SMARTS) is 1. The van der Waals surface area contributed by atoms with E-state index < -0.39 is 29.7 Å². The summed E-state index contributed by atoms with van der Waals surface area (Å²) in [7, 11) is 0. The topological polar surface area (TPSA) is 104 Å². The molecule has 0 bridgehead atoms. The van der Waals surface area contributed by atoms with Gasteiger partial charge in [-0.25, -0.2) is 4.79 Å². The van der Waals surface area contributed by atoms with Gasteiger partial charge in [0, 0.05) is 6.54 Å². The van der Waals surface area contributed by atoms with E-state index in [9.17, 15) is 19.2 Å². The van der Waals surface area contributed by atoms with Gasteiger partial charge in [0.05, 0.1) is 16.7 Å². The van der Waals surface area contributed by atoms with Crippen molar-refractivity contribution in [2.24, 2.45) is 5.92 Å². The normalized spacial score (nSPS) is 15.0. The zero-order valence-electron chi connectivity index (χ0n) is 16.2. The molecule has 0 radical (unpaired) electrons. The Morgan fingerprint density at radius 2 is 1.55 bits per heavy atom. The van der Waals surface area contributed by atoms with Crippen LogP contribution in [-0.4, -0.2) is 39.7 Å². The van der Waals surface area contributed by atoms with Crippen LogP contribution in [0.3, 0.4) is 0 Å². The minimum absolute atomic E-state index is 0.156. The van der Waals surface area contributed by atoms with Gasteiger partial charge in [0.25, 0.3) is 11.8 Å². The van der Waals surface area contributed by atoms with Crippen LogP contribution >= 0.6 is 0 Å². The van der Waals surface area contributed by atoms with Crippen molar-refractivity contribution in [2.45, 2.75) is 32.9 Å². The molecule has 0 saturated heterocycles. The first-order valence-electron chi connectivity index (χ1n) is 9.42. The molecule has 0 aromatic heterocycles. The van der Waals surface area contributed by atoms with Crippen molar-refractivity contribution >= 4 is 23.7 Å². The highest BCUT2D eigenvalue weighted by molar-refractivity contribution is 6.22. The number of fused-ring (bicyclic) bond motifs is 1. The fraction of sp³-hybridized carbons (Fsp3) is 0.273. The second-order valence-corrected chi connectivity index (χ2v) is 7.08. The number of carbonyl (C=O) groups is 4. The Morgan fingerprint density at radius 1 is 1.00 bits per heavy atom. The van der Waals surface area contributed by atoms with Crippen molar-refractivity contribution in [3.8, 4) is 0 Å². The van der Waals surface area contributed by atoms with Crippen molar-refractivity contribution in [3.63, 3.8) is 0 Å². The lowest BCUT2D eigenvalue weighted by Gasteiger charge is -2.29. The monoisotopic (exact) mass is 394 g/mol. The quantitative estimate of drug-likeness (QED) is 0.703. The molecule has 1 heterocycles. The van der Waals surface area contributed by atoms with Crippen molar-refractivity contribution < 1.29 is 24.3 Å². The van der Waals surface area contributed by atoms with Gasteiger partial charge in [0.2, 0.25) is 5.91 Å². The molecule has 0 aliphatic carbocycles. The van der Waals surface area contributed by atoms with E-state index in [0.29, 0.717) is 23.1 Å². The Morgan fingerprint density at radius 3 is 2.03 bits per heavy atom. The first-order valence-corrected chi connectivity index (χ1v) is 9.42. The zero-order chi connectivity index (χ0) is 21.1. The zero-order valence-corrected chi connectivity index (χ0v) is 16.2. The lowest BCUT2D eigenvalue weighted by Crippen LogP contribution is -2.52. The molecule has 7 heteroatoms. The minimum atomic E-state index is -1.02. The molecule has 1 aliphatic rings. The molecule has 2 aromatic rings. The fourth-order valence-electron chi connectivity index (χ4n) is 3.37. The van der Waals surface area contributed by atoms with E-state index in [4.69, 9.17) is 5.11 Å². The molecule has 29 heavy (non-hydrogen) atoms. The van der Waals surface area contributed by atoms with Crippen LogP contribution in [0.2, 0.25) is 0 Å². The summed E-state index contributed by atoms with van der Waals surface area (Å²) < 4.78 is 0. The van der Waals surface area contributed by atoms with Gasteiger partial charge in [-0.1, -0.05) is 44.5 Å². The van der Waals surface area contributed by atoms with E-state index in [1.54, 1.807) is 36.4 Å². The van der Waals surface area contributed by atoms with Crippen LogP contribution in [0, 0.1) is 5.92 Å². The van der Waals surface area contributed by atoms with Crippen molar-refractivity contribution in [3.05, 3.63) is 70.8 Å². The Labute approximate surface area is 168 Å². The Kier molecular flexibility index (Phi) is 5.77. The largest absolute Gasteiger partial charge is 0.478 e. The second-order valence-electron chi connectivity index (χ2n) is 7.08. The van der Waals surface area contributed by atoms with Gasteiger partial charge in [-0.2, -0.15) is 0 Å². The second kappa shape index (κ2) is 8.26. The predicted octanol–water partition coefficient (Wildman–Crippen LogP) is 2.71. The summed E-state index contributed by atoms with van der Waals surface area (Å²) in [4.78, 5) is 50.6. The van der Waals surface area contributed by atoms with Crippen molar-refractivity contribution in [1.29, 1.82) is 0 Å². The van der Waals surface area contributed by atoms with Crippen LogP contribution in [-0.2, 0) is 11.3 Å². The third kappa shape index (κ3) is 3.89. The summed E-state index contributed by atoms with van der Waals surface area (Å²) in [5, 5.41) is 11.7. The molecule has 0 spiro atoms. The van der Waals surface area contributed by atoms with Gasteiger partial charge >= 0.3 is 5.97 Å².